The molecule has 5 heteroatoms. The molecule has 0 aromatic heterocycles. The maximum Gasteiger partial charge on any atom is 1.00 e. The van der Waals surface area contributed by atoms with Gasteiger partial charge in [0.2, 0.25) is 0 Å². The summed E-state index contributed by atoms with van der Waals surface area (Å²) >= 11 is 0. The molecule has 0 saturated carbocycles. The van der Waals surface area contributed by atoms with E-state index in [2.05, 4.69) is 10.1 Å². The Bertz CT molecular complexity index is 430. The zero-order valence-electron chi connectivity index (χ0n) is 11.2. The summed E-state index contributed by atoms with van der Waals surface area (Å²) in [6, 6.07) is 10.0. The number of hydrogen-bond donors (Lipinski definition) is 2. The van der Waals surface area contributed by atoms with E-state index in [1.165, 1.54) is 0 Å². The predicted molar refractivity (Wildman–Crippen MR) is 74.6 cm³/mol. The molecule has 0 amide bonds. The molecule has 0 saturated heterocycles. The molecule has 20 heavy (non-hydrogen) atoms. The van der Waals surface area contributed by atoms with E-state index in [1.807, 2.05) is 30.3 Å². The zero-order chi connectivity index (χ0) is 13.9. The maximum absolute atomic E-state index is 10.9. The Morgan fingerprint density at radius 1 is 1.30 bits per heavy atom. The van der Waals surface area contributed by atoms with Crippen LogP contribution in [0.3, 0.4) is 0 Å². The second-order valence-corrected chi connectivity index (χ2v) is 3.64. The van der Waals surface area contributed by atoms with E-state index in [9.17, 15) is 9.90 Å². The summed E-state index contributed by atoms with van der Waals surface area (Å²) in [7, 11) is 0. The first-order valence-corrected chi connectivity index (χ1v) is 6.08. The molecule has 0 heterocycles. The molecular formula is C15H18NO3Ru. The molecule has 1 aromatic carbocycles. The largest absolute Gasteiger partial charge is 1.00 e. The number of carbonyl (C=O) groups excluding carboxylic acids is 1. The summed E-state index contributed by atoms with van der Waals surface area (Å²) in [4.78, 5) is 10.9. The second kappa shape index (κ2) is 11.1. The Morgan fingerprint density at radius 3 is 2.35 bits per heavy atom. The molecule has 0 aliphatic heterocycles. The van der Waals surface area contributed by atoms with Crippen LogP contribution in [0, 0.1) is 0 Å². The van der Waals surface area contributed by atoms with E-state index in [0.717, 1.165) is 0 Å². The fourth-order valence-electron chi connectivity index (χ4n) is 1.32. The number of aliphatic hydroxyl groups is 1. The van der Waals surface area contributed by atoms with Crippen molar-refractivity contribution in [3.63, 3.8) is 0 Å². The van der Waals surface area contributed by atoms with Gasteiger partial charge in [0.1, 0.15) is 6.54 Å². The summed E-state index contributed by atoms with van der Waals surface area (Å²) < 4.78 is 4.68. The van der Waals surface area contributed by atoms with E-state index in [-0.39, 0.29) is 37.9 Å². The minimum Gasteiger partial charge on any atom is -0.494 e. The first-order valence-electron chi connectivity index (χ1n) is 6.08. The smallest absolute Gasteiger partial charge is 0.494 e. The molecule has 0 spiro atoms. The van der Waals surface area contributed by atoms with Gasteiger partial charge in [-0.15, -0.1) is 0 Å². The van der Waals surface area contributed by atoms with Crippen molar-refractivity contribution in [2.75, 3.05) is 13.2 Å². The third kappa shape index (κ3) is 7.64. The molecule has 109 valence electrons. The monoisotopic (exact) mass is 362 g/mol. The number of aliphatic hydroxyl groups excluding tert-OH is 1. The Morgan fingerprint density at radius 2 is 1.90 bits per heavy atom. The van der Waals surface area contributed by atoms with Crippen molar-refractivity contribution >= 4 is 5.97 Å². The van der Waals surface area contributed by atoms with Gasteiger partial charge in [-0.1, -0.05) is 12.2 Å². The summed E-state index contributed by atoms with van der Waals surface area (Å²) in [6.45, 7) is 2.06. The third-order valence-electron chi connectivity index (χ3n) is 2.20. The minimum absolute atomic E-state index is 0. The third-order valence-corrected chi connectivity index (χ3v) is 2.20. The van der Waals surface area contributed by atoms with Crippen LogP contribution in [0.2, 0.25) is 0 Å². The Kier molecular flexibility index (Phi) is 10.2. The van der Waals surface area contributed by atoms with Gasteiger partial charge in [-0.25, -0.2) is 12.1 Å². The van der Waals surface area contributed by atoms with E-state index in [1.54, 1.807) is 31.2 Å². The maximum atomic E-state index is 10.9. The van der Waals surface area contributed by atoms with Crippen LogP contribution in [-0.4, -0.2) is 24.2 Å². The molecule has 0 atom stereocenters. The number of esters is 1. The summed E-state index contributed by atoms with van der Waals surface area (Å²) in [5, 5.41) is 12.0. The van der Waals surface area contributed by atoms with Gasteiger partial charge in [0.05, 0.1) is 6.61 Å². The van der Waals surface area contributed by atoms with Crippen LogP contribution < -0.4 is 5.32 Å². The fourth-order valence-corrected chi connectivity index (χ4v) is 1.32. The predicted octanol–water partition coefficient (Wildman–Crippen LogP) is 2.44. The van der Waals surface area contributed by atoms with Crippen molar-refractivity contribution in [1.82, 2.24) is 5.32 Å². The van der Waals surface area contributed by atoms with E-state index < -0.39 is 0 Å². The van der Waals surface area contributed by atoms with Crippen LogP contribution in [0.5, 0.6) is 0 Å². The van der Waals surface area contributed by atoms with Crippen molar-refractivity contribution in [1.29, 1.82) is 0 Å². The molecule has 2 rings (SSSR count). The topological polar surface area (TPSA) is 58.6 Å². The van der Waals surface area contributed by atoms with Gasteiger partial charge in [-0.3, -0.25) is 4.79 Å². The molecule has 1 radical (unpaired) electrons. The average Bonchev–Trinajstić information content (AvgIpc) is 3.10. The molecule has 1 aliphatic rings. The number of carbonyl (C=O) groups is 1. The summed E-state index contributed by atoms with van der Waals surface area (Å²) in [5.74, 6) is -0.395. The van der Waals surface area contributed by atoms with Crippen LogP contribution in [0.4, 0.5) is 0 Å². The van der Waals surface area contributed by atoms with Gasteiger partial charge in [-0.05, 0) is 19.1 Å². The van der Waals surface area contributed by atoms with E-state index in [0.29, 0.717) is 12.2 Å². The van der Waals surface area contributed by atoms with Crippen LogP contribution in [0.25, 0.3) is 0 Å². The van der Waals surface area contributed by atoms with Gasteiger partial charge in [0.15, 0.2) is 5.88 Å². The minimum atomic E-state index is -0.384. The van der Waals surface area contributed by atoms with E-state index in [4.69, 9.17) is 0 Å². The number of rotatable bonds is 4. The van der Waals surface area contributed by atoms with Crippen molar-refractivity contribution in [3.05, 3.63) is 66.1 Å². The first kappa shape index (κ1) is 18.3. The van der Waals surface area contributed by atoms with Crippen molar-refractivity contribution in [2.45, 2.75) is 6.92 Å². The van der Waals surface area contributed by atoms with Crippen LogP contribution in [0.1, 0.15) is 6.92 Å². The molecule has 0 fully saturated rings. The van der Waals surface area contributed by atoms with Gasteiger partial charge in [0.25, 0.3) is 0 Å². The summed E-state index contributed by atoms with van der Waals surface area (Å²) in [6.07, 6.45) is 7.09. The quantitative estimate of drug-likeness (QED) is 0.374. The van der Waals surface area contributed by atoms with Crippen LogP contribution in [0.15, 0.2) is 66.1 Å². The number of nitrogens with one attached hydrogen (secondary N) is 1. The molecule has 1 aromatic rings. The van der Waals surface area contributed by atoms with Gasteiger partial charge in [-0.2, -0.15) is 18.2 Å². The van der Waals surface area contributed by atoms with Gasteiger partial charge >= 0.3 is 25.4 Å². The fraction of sp³-hybridized carbons (Fsp3) is 0.200. The molecular weight excluding hydrogens is 343 g/mol. The molecule has 4 nitrogen and oxygen atoms in total. The number of allylic oxidation sites excluding steroid dienone is 5. The second-order valence-electron chi connectivity index (χ2n) is 3.64. The molecule has 0 unspecified atom stereocenters. The van der Waals surface area contributed by atoms with Crippen molar-refractivity contribution in [2.24, 2.45) is 0 Å². The van der Waals surface area contributed by atoms with Gasteiger partial charge in [0, 0.05) is 5.57 Å². The molecule has 1 aliphatic carbocycles. The molecule has 0 bridgehead atoms. The SMILES string of the molecule is CCOC(=O)CNC(O)=C1C=CC=C1.[Ru+].c1cc[cH-]c1. The van der Waals surface area contributed by atoms with Gasteiger partial charge < -0.3 is 15.2 Å². The normalized spacial score (nSPS) is 11.2. The van der Waals surface area contributed by atoms with Crippen molar-refractivity contribution < 1.29 is 34.1 Å². The molecule has 2 N–H and O–H groups in total. The van der Waals surface area contributed by atoms with Crippen LogP contribution >= 0.6 is 0 Å². The number of hydrogen-bond acceptors (Lipinski definition) is 4. The standard InChI is InChI=1S/C10H13NO3.C5H5.Ru/c1-2-14-9(12)7-11-10(13)8-5-3-4-6-8;1-2-4-5-3-1;/h3-6,11,13H,2,7H2,1H3;1-5H;/q;-1;+1. The average molecular weight is 361 g/mol. The van der Waals surface area contributed by atoms with Crippen molar-refractivity contribution in [3.8, 4) is 0 Å². The summed E-state index contributed by atoms with van der Waals surface area (Å²) in [5.41, 5.74) is 0.661. The zero-order valence-corrected chi connectivity index (χ0v) is 13.0. The number of ether oxygens (including phenoxy) is 1. The van der Waals surface area contributed by atoms with Crippen LogP contribution in [-0.2, 0) is 29.0 Å². The Hall–Kier alpha value is -1.74. The first-order chi connectivity index (χ1) is 9.24. The Labute approximate surface area is 132 Å². The van der Waals surface area contributed by atoms with E-state index >= 15 is 0 Å². The Balaban J connectivity index is 0.000000507.